The number of aliphatic hydroxyl groups is 1. The number of fused-ring (bicyclic) bond motifs is 3. The Morgan fingerprint density at radius 3 is 2.58 bits per heavy atom. The molecule has 0 bridgehead atoms. The maximum atomic E-state index is 13.7. The molecule has 0 radical (unpaired) electrons. The van der Waals surface area contributed by atoms with Crippen LogP contribution in [0, 0.1) is 0 Å². The number of carbonyl (C=O) groups is 2. The number of hydrogen-bond donors (Lipinski definition) is 2. The predicted octanol–water partition coefficient (Wildman–Crippen LogP) is 2.25. The highest BCUT2D eigenvalue weighted by molar-refractivity contribution is 5.98. The molecule has 2 aromatic rings. The third-order valence-corrected chi connectivity index (χ3v) is 8.78. The van der Waals surface area contributed by atoms with Crippen LogP contribution in [-0.4, -0.2) is 96.2 Å². The van der Waals surface area contributed by atoms with Crippen molar-refractivity contribution in [1.29, 1.82) is 0 Å². The Hall–Kier alpha value is -2.94. The Labute approximate surface area is 224 Å². The third-order valence-electron chi connectivity index (χ3n) is 8.78. The van der Waals surface area contributed by atoms with Gasteiger partial charge >= 0.3 is 0 Å². The highest BCUT2D eigenvalue weighted by atomic mass is 16.5. The van der Waals surface area contributed by atoms with Crippen molar-refractivity contribution >= 4 is 17.5 Å². The average molecular weight is 519 g/mol. The molecule has 0 aliphatic carbocycles. The molecule has 2 fully saturated rings. The van der Waals surface area contributed by atoms with Crippen molar-refractivity contribution in [1.82, 2.24) is 14.7 Å². The Balaban J connectivity index is 1.13. The molecule has 202 valence electrons. The summed E-state index contributed by atoms with van der Waals surface area (Å²) < 4.78 is 5.64. The zero-order valence-corrected chi connectivity index (χ0v) is 22.2. The lowest BCUT2D eigenvalue weighted by molar-refractivity contribution is -0.129. The van der Waals surface area contributed by atoms with Crippen LogP contribution in [0.5, 0.6) is 0 Å². The van der Waals surface area contributed by atoms with Gasteiger partial charge in [-0.15, -0.1) is 0 Å². The summed E-state index contributed by atoms with van der Waals surface area (Å²) >= 11 is 0. The minimum atomic E-state index is -0.614. The molecule has 4 heterocycles. The number of piperidine rings is 1. The second-order valence-corrected chi connectivity index (χ2v) is 11.6. The second-order valence-electron chi connectivity index (χ2n) is 11.6. The van der Waals surface area contributed by atoms with Crippen LogP contribution < -0.4 is 5.32 Å². The van der Waals surface area contributed by atoms with Crippen LogP contribution >= 0.6 is 0 Å². The van der Waals surface area contributed by atoms with Crippen molar-refractivity contribution in [2.75, 3.05) is 57.8 Å². The normalized spacial score (nSPS) is 22.0. The number of rotatable bonds is 6. The molecule has 2 saturated heterocycles. The number of nitrogens with one attached hydrogen (secondary N) is 1. The van der Waals surface area contributed by atoms with Gasteiger partial charge in [0.05, 0.1) is 24.7 Å². The third kappa shape index (κ3) is 4.93. The maximum absolute atomic E-state index is 13.7. The smallest absolute Gasteiger partial charge is 0.254 e. The van der Waals surface area contributed by atoms with E-state index in [4.69, 9.17) is 4.74 Å². The molecule has 8 nitrogen and oxygen atoms in total. The molecule has 8 heteroatoms. The number of nitrogens with zero attached hydrogens (tertiary/aromatic N) is 3. The number of amides is 2. The lowest BCUT2D eigenvalue weighted by Gasteiger charge is -2.49. The zero-order chi connectivity index (χ0) is 26.3. The number of likely N-dealkylation sites (tertiary alicyclic amines) is 1. The van der Waals surface area contributed by atoms with Crippen LogP contribution in [0.3, 0.4) is 0 Å². The number of carbonyl (C=O) groups excluding carboxylic acids is 2. The van der Waals surface area contributed by atoms with Crippen LogP contribution in [0.4, 0.5) is 5.69 Å². The fourth-order valence-electron chi connectivity index (χ4n) is 6.60. The van der Waals surface area contributed by atoms with E-state index >= 15 is 0 Å². The lowest BCUT2D eigenvalue weighted by atomic mass is 9.73. The number of benzene rings is 2. The summed E-state index contributed by atoms with van der Waals surface area (Å²) in [5, 5.41) is 14.6. The van der Waals surface area contributed by atoms with Gasteiger partial charge in [0, 0.05) is 70.0 Å². The van der Waals surface area contributed by atoms with E-state index in [1.54, 1.807) is 6.92 Å². The minimum absolute atomic E-state index is 0.0180. The van der Waals surface area contributed by atoms with E-state index in [1.807, 2.05) is 15.9 Å². The predicted molar refractivity (Wildman–Crippen MR) is 145 cm³/mol. The first-order chi connectivity index (χ1) is 18.4. The molecular formula is C30H38N4O4. The molecule has 38 heavy (non-hydrogen) atoms. The second kappa shape index (κ2) is 10.3. The van der Waals surface area contributed by atoms with Crippen molar-refractivity contribution in [2.24, 2.45) is 0 Å². The molecule has 1 spiro atoms. The summed E-state index contributed by atoms with van der Waals surface area (Å²) in [6.07, 6.45) is 2.16. The van der Waals surface area contributed by atoms with Crippen molar-refractivity contribution in [3.8, 4) is 0 Å². The first kappa shape index (κ1) is 25.3. The Bertz CT molecular complexity index is 1200. The highest BCUT2D eigenvalue weighted by Gasteiger charge is 2.48. The van der Waals surface area contributed by atoms with Crippen LogP contribution in [0.1, 0.15) is 46.8 Å². The van der Waals surface area contributed by atoms with Gasteiger partial charge in [0.15, 0.2) is 0 Å². The maximum Gasteiger partial charge on any atom is 0.254 e. The standard InChI is InChI=1S/C30H38N4O4/c1-21(35)33-12-9-24(10-13-33)31-25-6-7-28-27(14-25)29(37)34(18-30(28)19-38-20-30)17-26(36)16-32-11-8-22-4-2-3-5-23(22)15-32/h2-7,14,24,26,31,36H,8-13,15-20H2,1H3/t26-/m1/s1. The highest BCUT2D eigenvalue weighted by Crippen LogP contribution is 2.40. The van der Waals surface area contributed by atoms with Crippen LogP contribution in [0.25, 0.3) is 0 Å². The van der Waals surface area contributed by atoms with Crippen molar-refractivity contribution in [3.63, 3.8) is 0 Å². The molecule has 6 rings (SSSR count). The molecule has 2 amide bonds. The van der Waals surface area contributed by atoms with Gasteiger partial charge in [0.1, 0.15) is 0 Å². The van der Waals surface area contributed by atoms with Gasteiger partial charge in [-0.3, -0.25) is 14.5 Å². The minimum Gasteiger partial charge on any atom is -0.390 e. The fraction of sp³-hybridized carbons (Fsp3) is 0.533. The molecular weight excluding hydrogens is 480 g/mol. The van der Waals surface area contributed by atoms with Crippen LogP contribution in [0.2, 0.25) is 0 Å². The van der Waals surface area contributed by atoms with Crippen LogP contribution in [0.15, 0.2) is 42.5 Å². The van der Waals surface area contributed by atoms with E-state index in [1.165, 1.54) is 11.1 Å². The van der Waals surface area contributed by atoms with Gasteiger partial charge in [0.2, 0.25) is 5.91 Å². The van der Waals surface area contributed by atoms with E-state index in [0.29, 0.717) is 38.4 Å². The largest absolute Gasteiger partial charge is 0.390 e. The topological polar surface area (TPSA) is 85.4 Å². The monoisotopic (exact) mass is 518 g/mol. The molecule has 0 aromatic heterocycles. The number of β-amino-alcohol motifs (C(OH)–C–C–N with tert-alkyl or cyclic N) is 1. The lowest BCUT2D eigenvalue weighted by Crippen LogP contribution is -2.60. The molecule has 4 aliphatic heterocycles. The number of ether oxygens (including phenoxy) is 1. The van der Waals surface area contributed by atoms with Gasteiger partial charge < -0.3 is 25.0 Å². The Morgan fingerprint density at radius 1 is 1.11 bits per heavy atom. The van der Waals surface area contributed by atoms with Gasteiger partial charge in [-0.25, -0.2) is 0 Å². The summed E-state index contributed by atoms with van der Waals surface area (Å²) in [5.41, 5.74) is 5.23. The summed E-state index contributed by atoms with van der Waals surface area (Å²) in [6, 6.07) is 14.9. The molecule has 0 unspecified atom stereocenters. The van der Waals surface area contributed by atoms with Gasteiger partial charge in [-0.1, -0.05) is 30.3 Å². The SMILES string of the molecule is CC(=O)N1CCC(Nc2ccc3c(c2)C(=O)N(C[C@H](O)CN2CCc4ccccc4C2)CC32COC2)CC1. The fourth-order valence-corrected chi connectivity index (χ4v) is 6.60. The van der Waals surface area contributed by atoms with Gasteiger partial charge in [0.25, 0.3) is 5.91 Å². The summed E-state index contributed by atoms with van der Waals surface area (Å²) in [7, 11) is 0. The quantitative estimate of drug-likeness (QED) is 0.610. The number of hydrogen-bond acceptors (Lipinski definition) is 6. The van der Waals surface area contributed by atoms with E-state index in [9.17, 15) is 14.7 Å². The summed E-state index contributed by atoms with van der Waals surface area (Å²) in [6.45, 7) is 7.53. The van der Waals surface area contributed by atoms with Crippen LogP contribution in [-0.2, 0) is 27.9 Å². The van der Waals surface area contributed by atoms with Crippen molar-refractivity contribution < 1.29 is 19.4 Å². The average Bonchev–Trinajstić information content (AvgIpc) is 2.89. The molecule has 1 atom stereocenters. The molecule has 2 N–H and O–H groups in total. The van der Waals surface area contributed by atoms with E-state index in [0.717, 1.165) is 56.7 Å². The summed E-state index contributed by atoms with van der Waals surface area (Å²) in [5.74, 6) is 0.110. The Morgan fingerprint density at radius 2 is 1.87 bits per heavy atom. The number of aliphatic hydroxyl groups excluding tert-OH is 1. The zero-order valence-electron chi connectivity index (χ0n) is 22.2. The molecule has 2 aromatic carbocycles. The van der Waals surface area contributed by atoms with Crippen molar-refractivity contribution in [3.05, 3.63) is 64.7 Å². The Kier molecular flexibility index (Phi) is 6.88. The first-order valence-corrected chi connectivity index (χ1v) is 13.9. The summed E-state index contributed by atoms with van der Waals surface area (Å²) in [4.78, 5) is 31.4. The molecule has 0 saturated carbocycles. The number of anilines is 1. The first-order valence-electron chi connectivity index (χ1n) is 13.9. The van der Waals surface area contributed by atoms with Gasteiger partial charge in [-0.05, 0) is 48.1 Å². The molecule has 4 aliphatic rings. The van der Waals surface area contributed by atoms with E-state index in [-0.39, 0.29) is 23.3 Å². The van der Waals surface area contributed by atoms with Crippen molar-refractivity contribution in [2.45, 2.75) is 50.3 Å². The van der Waals surface area contributed by atoms with E-state index < -0.39 is 6.10 Å². The van der Waals surface area contributed by atoms with Gasteiger partial charge in [-0.2, -0.15) is 0 Å². The van der Waals surface area contributed by atoms with E-state index in [2.05, 4.69) is 46.6 Å².